The average molecular weight is 284 g/mol. The van der Waals surface area contributed by atoms with Crippen LogP contribution in [0.15, 0.2) is 35.5 Å². The summed E-state index contributed by atoms with van der Waals surface area (Å²) in [6, 6.07) is 5.92. The first kappa shape index (κ1) is 13.9. The van der Waals surface area contributed by atoms with Crippen molar-refractivity contribution in [3.05, 3.63) is 41.5 Å². The van der Waals surface area contributed by atoms with Gasteiger partial charge < -0.3 is 4.74 Å². The third-order valence-corrected chi connectivity index (χ3v) is 4.05. The molecule has 1 aromatic carbocycles. The maximum Gasteiger partial charge on any atom is 0.277 e. The van der Waals surface area contributed by atoms with E-state index in [1.807, 2.05) is 26.0 Å². The number of carbonyl (C=O) groups excluding carboxylic acids is 1. The molecule has 4 nitrogen and oxygen atoms in total. The van der Waals surface area contributed by atoms with Gasteiger partial charge in [0.15, 0.2) is 6.61 Å². The molecule has 2 atom stereocenters. The highest BCUT2D eigenvalue weighted by molar-refractivity contribution is 5.94. The van der Waals surface area contributed by atoms with E-state index >= 15 is 0 Å². The highest BCUT2D eigenvalue weighted by Crippen LogP contribution is 2.39. The van der Waals surface area contributed by atoms with Crippen LogP contribution in [0.1, 0.15) is 24.0 Å². The molecule has 0 saturated heterocycles. The molecule has 2 aliphatic rings. The number of hydrogen-bond donors (Lipinski definition) is 1. The van der Waals surface area contributed by atoms with E-state index < -0.39 is 0 Å². The zero-order valence-corrected chi connectivity index (χ0v) is 12.4. The average Bonchev–Trinajstić information content (AvgIpc) is 2.77. The summed E-state index contributed by atoms with van der Waals surface area (Å²) in [5, 5.41) is 4.22. The Bertz CT molecular complexity index is 599. The topological polar surface area (TPSA) is 50.7 Å². The number of hydrazone groups is 1. The number of aryl methyl sites for hydroxylation is 2. The van der Waals surface area contributed by atoms with E-state index in [1.165, 1.54) is 0 Å². The Morgan fingerprint density at radius 1 is 1.33 bits per heavy atom. The van der Waals surface area contributed by atoms with Crippen molar-refractivity contribution in [2.75, 3.05) is 6.61 Å². The first-order chi connectivity index (χ1) is 10.1. The first-order valence-corrected chi connectivity index (χ1v) is 7.35. The van der Waals surface area contributed by atoms with Gasteiger partial charge in [-0.1, -0.05) is 18.2 Å². The summed E-state index contributed by atoms with van der Waals surface area (Å²) in [7, 11) is 0. The molecule has 1 aromatic rings. The second-order valence-corrected chi connectivity index (χ2v) is 5.89. The second-order valence-electron chi connectivity index (χ2n) is 5.89. The van der Waals surface area contributed by atoms with Gasteiger partial charge in [-0.2, -0.15) is 5.10 Å². The van der Waals surface area contributed by atoms with Crippen LogP contribution in [0.5, 0.6) is 5.75 Å². The van der Waals surface area contributed by atoms with Crippen LogP contribution < -0.4 is 10.2 Å². The summed E-state index contributed by atoms with van der Waals surface area (Å²) < 4.78 is 5.51. The Balaban J connectivity index is 1.47. The molecular weight excluding hydrogens is 264 g/mol. The van der Waals surface area contributed by atoms with Crippen LogP contribution in [0.2, 0.25) is 0 Å². The zero-order valence-electron chi connectivity index (χ0n) is 12.4. The third-order valence-electron chi connectivity index (χ3n) is 4.05. The van der Waals surface area contributed by atoms with Crippen LogP contribution in [0.25, 0.3) is 0 Å². The van der Waals surface area contributed by atoms with Crippen molar-refractivity contribution >= 4 is 11.6 Å². The van der Waals surface area contributed by atoms with Crippen LogP contribution >= 0.6 is 0 Å². The third kappa shape index (κ3) is 3.15. The van der Waals surface area contributed by atoms with Crippen molar-refractivity contribution < 1.29 is 9.53 Å². The van der Waals surface area contributed by atoms with E-state index in [1.54, 1.807) is 0 Å². The molecule has 110 valence electrons. The molecule has 1 amide bonds. The predicted octanol–water partition coefficient (Wildman–Crippen LogP) is 2.75. The standard InChI is InChI=1S/C17H20N2O2/c1-11-6-12(2)8-14(7-11)21-10-17(20)19-18-16-9-13-4-3-5-15(13)16/h3-4,6-8,13,15H,5,9-10H2,1-2H3,(H,19,20)/b18-16-/t13-,15+/m1/s1. The molecule has 4 heteroatoms. The summed E-state index contributed by atoms with van der Waals surface area (Å²) in [5.74, 6) is 1.67. The monoisotopic (exact) mass is 284 g/mol. The van der Waals surface area contributed by atoms with Gasteiger partial charge in [0.2, 0.25) is 0 Å². The summed E-state index contributed by atoms with van der Waals surface area (Å²) in [4.78, 5) is 11.8. The van der Waals surface area contributed by atoms with Crippen molar-refractivity contribution in [1.82, 2.24) is 5.43 Å². The summed E-state index contributed by atoms with van der Waals surface area (Å²) in [5.41, 5.74) is 5.94. The van der Waals surface area contributed by atoms with Crippen molar-refractivity contribution in [2.24, 2.45) is 16.9 Å². The number of allylic oxidation sites excluding steroid dienone is 2. The Kier molecular flexibility index (Phi) is 3.78. The van der Waals surface area contributed by atoms with E-state index in [0.29, 0.717) is 11.8 Å². The SMILES string of the molecule is Cc1cc(C)cc(OCC(=O)N/N=C2/C[C@H]3C=CC[C@H]23)c1. The Morgan fingerprint density at radius 3 is 2.81 bits per heavy atom. The number of hydrogen-bond acceptors (Lipinski definition) is 3. The van der Waals surface area contributed by atoms with Gasteiger partial charge in [0.05, 0.1) is 0 Å². The molecule has 1 saturated carbocycles. The van der Waals surface area contributed by atoms with Crippen LogP contribution in [0, 0.1) is 25.7 Å². The van der Waals surface area contributed by atoms with Crippen molar-refractivity contribution in [2.45, 2.75) is 26.7 Å². The molecule has 1 fully saturated rings. The summed E-state index contributed by atoms with van der Waals surface area (Å²) >= 11 is 0. The number of fused-ring (bicyclic) bond motifs is 1. The van der Waals surface area contributed by atoms with Crippen molar-refractivity contribution in [3.8, 4) is 5.75 Å². The quantitative estimate of drug-likeness (QED) is 0.682. The number of nitrogens with one attached hydrogen (secondary N) is 1. The lowest BCUT2D eigenvalue weighted by molar-refractivity contribution is -0.123. The molecule has 0 aliphatic heterocycles. The Morgan fingerprint density at radius 2 is 2.10 bits per heavy atom. The fourth-order valence-corrected chi connectivity index (χ4v) is 2.99. The molecular formula is C17H20N2O2. The fraction of sp³-hybridized carbons (Fsp3) is 0.412. The van der Waals surface area contributed by atoms with Crippen LogP contribution in [0.3, 0.4) is 0 Å². The van der Waals surface area contributed by atoms with Crippen LogP contribution in [0.4, 0.5) is 0 Å². The van der Waals surface area contributed by atoms with Gasteiger partial charge in [-0.3, -0.25) is 4.79 Å². The van der Waals surface area contributed by atoms with E-state index in [0.717, 1.165) is 35.4 Å². The Labute approximate surface area is 124 Å². The summed E-state index contributed by atoms with van der Waals surface area (Å²) in [6.45, 7) is 4.01. The zero-order chi connectivity index (χ0) is 14.8. The van der Waals surface area contributed by atoms with Gasteiger partial charge in [0.25, 0.3) is 5.91 Å². The van der Waals surface area contributed by atoms with E-state index in [4.69, 9.17) is 4.74 Å². The van der Waals surface area contributed by atoms with Gasteiger partial charge in [0, 0.05) is 11.6 Å². The molecule has 2 aliphatic carbocycles. The lowest BCUT2D eigenvalue weighted by Crippen LogP contribution is -2.36. The number of ether oxygens (including phenoxy) is 1. The number of carbonyl (C=O) groups is 1. The summed E-state index contributed by atoms with van der Waals surface area (Å²) in [6.07, 6.45) is 6.47. The number of rotatable bonds is 4. The maximum atomic E-state index is 11.8. The first-order valence-electron chi connectivity index (χ1n) is 7.35. The Hall–Kier alpha value is -2.10. The molecule has 0 aromatic heterocycles. The molecule has 0 radical (unpaired) electrons. The van der Waals surface area contributed by atoms with Gasteiger partial charge >= 0.3 is 0 Å². The minimum atomic E-state index is -0.212. The largest absolute Gasteiger partial charge is 0.484 e. The van der Waals surface area contributed by atoms with Crippen molar-refractivity contribution in [3.63, 3.8) is 0 Å². The highest BCUT2D eigenvalue weighted by Gasteiger charge is 2.37. The van der Waals surface area contributed by atoms with Gasteiger partial charge in [-0.05, 0) is 55.9 Å². The fourth-order valence-electron chi connectivity index (χ4n) is 2.99. The molecule has 3 rings (SSSR count). The molecule has 0 heterocycles. The molecule has 21 heavy (non-hydrogen) atoms. The molecule has 0 spiro atoms. The highest BCUT2D eigenvalue weighted by atomic mass is 16.5. The number of benzene rings is 1. The van der Waals surface area contributed by atoms with Crippen LogP contribution in [-0.4, -0.2) is 18.2 Å². The minimum absolute atomic E-state index is 0.00792. The second kappa shape index (κ2) is 5.72. The van der Waals surface area contributed by atoms with E-state index in [2.05, 4.69) is 28.7 Å². The normalized spacial score (nSPS) is 24.6. The predicted molar refractivity (Wildman–Crippen MR) is 82.3 cm³/mol. The van der Waals surface area contributed by atoms with E-state index in [-0.39, 0.29) is 12.5 Å². The van der Waals surface area contributed by atoms with E-state index in [9.17, 15) is 4.79 Å². The lowest BCUT2D eigenvalue weighted by Gasteiger charge is -2.31. The smallest absolute Gasteiger partial charge is 0.277 e. The number of amides is 1. The molecule has 1 N–H and O–H groups in total. The molecule has 0 unspecified atom stereocenters. The van der Waals surface area contributed by atoms with Gasteiger partial charge in [-0.25, -0.2) is 5.43 Å². The number of nitrogens with zero attached hydrogens (tertiary/aromatic N) is 1. The lowest BCUT2D eigenvalue weighted by atomic mass is 9.74. The van der Waals surface area contributed by atoms with Gasteiger partial charge in [-0.15, -0.1) is 0 Å². The minimum Gasteiger partial charge on any atom is -0.484 e. The van der Waals surface area contributed by atoms with Gasteiger partial charge in [0.1, 0.15) is 5.75 Å². The maximum absolute atomic E-state index is 11.8. The molecule has 0 bridgehead atoms. The van der Waals surface area contributed by atoms with Crippen molar-refractivity contribution in [1.29, 1.82) is 0 Å². The van der Waals surface area contributed by atoms with Crippen LogP contribution in [-0.2, 0) is 4.79 Å².